The van der Waals surface area contributed by atoms with Crippen molar-refractivity contribution in [2.75, 3.05) is 6.61 Å². The van der Waals surface area contributed by atoms with Crippen LogP contribution in [0.1, 0.15) is 27.2 Å². The molecule has 2 aromatic carbocycles. The first-order valence-electron chi connectivity index (χ1n) is 8.62. The number of carbonyl (C=O) groups is 2. The molecule has 0 radical (unpaired) electrons. The Morgan fingerprint density at radius 3 is 2.31 bits per heavy atom. The molecule has 5 nitrogen and oxygen atoms in total. The topological polar surface area (TPSA) is 75.6 Å². The molecule has 26 heavy (non-hydrogen) atoms. The lowest BCUT2D eigenvalue weighted by atomic mass is 9.85. The third-order valence-electron chi connectivity index (χ3n) is 4.55. The monoisotopic (exact) mass is 355 g/mol. The summed E-state index contributed by atoms with van der Waals surface area (Å²) in [5.41, 5.74) is 1.07. The number of para-hydroxylation sites is 1. The zero-order valence-corrected chi connectivity index (χ0v) is 15.4. The number of benzene rings is 2. The number of carboxylic acid groups (broad SMARTS) is 1. The van der Waals surface area contributed by atoms with Crippen LogP contribution < -0.4 is 10.1 Å². The third-order valence-corrected chi connectivity index (χ3v) is 4.55. The van der Waals surface area contributed by atoms with E-state index in [9.17, 15) is 9.59 Å². The van der Waals surface area contributed by atoms with Crippen LogP contribution in [0, 0.1) is 5.92 Å². The highest BCUT2D eigenvalue weighted by Gasteiger charge is 2.32. The minimum absolute atomic E-state index is 0.0286. The summed E-state index contributed by atoms with van der Waals surface area (Å²) in [6.45, 7) is 5.33. The molecule has 1 amide bonds. The first kappa shape index (κ1) is 19.5. The number of hydrogen-bond donors (Lipinski definition) is 2. The van der Waals surface area contributed by atoms with Crippen molar-refractivity contribution in [3.8, 4) is 16.9 Å². The van der Waals surface area contributed by atoms with E-state index in [1.165, 1.54) is 0 Å². The molecule has 5 heteroatoms. The lowest BCUT2D eigenvalue weighted by molar-refractivity contribution is -0.139. The van der Waals surface area contributed by atoms with Crippen molar-refractivity contribution in [2.24, 2.45) is 5.92 Å². The minimum atomic E-state index is -0.947. The van der Waals surface area contributed by atoms with Crippen LogP contribution in [0.4, 0.5) is 0 Å². The minimum Gasteiger partial charge on any atom is -0.483 e. The van der Waals surface area contributed by atoms with Gasteiger partial charge in [-0.3, -0.25) is 9.59 Å². The third kappa shape index (κ3) is 5.09. The molecule has 2 aromatic rings. The molecule has 0 aliphatic carbocycles. The summed E-state index contributed by atoms with van der Waals surface area (Å²) in [6.07, 6.45) is -0.142. The second kappa shape index (κ2) is 8.52. The molecule has 1 unspecified atom stereocenters. The Bertz CT molecular complexity index is 758. The van der Waals surface area contributed by atoms with Crippen LogP contribution in [0.2, 0.25) is 0 Å². The number of nitrogens with one attached hydrogen (secondary N) is 1. The number of rotatable bonds is 8. The van der Waals surface area contributed by atoms with E-state index in [-0.39, 0.29) is 24.9 Å². The lowest BCUT2D eigenvalue weighted by Crippen LogP contribution is -2.52. The van der Waals surface area contributed by atoms with E-state index in [0.29, 0.717) is 5.75 Å². The first-order valence-corrected chi connectivity index (χ1v) is 8.62. The average molecular weight is 355 g/mol. The van der Waals surface area contributed by atoms with E-state index >= 15 is 0 Å². The van der Waals surface area contributed by atoms with Crippen LogP contribution in [-0.4, -0.2) is 29.1 Å². The van der Waals surface area contributed by atoms with Crippen LogP contribution in [0.3, 0.4) is 0 Å². The second-order valence-corrected chi connectivity index (χ2v) is 6.84. The van der Waals surface area contributed by atoms with E-state index in [1.54, 1.807) is 6.92 Å². The van der Waals surface area contributed by atoms with Crippen molar-refractivity contribution in [3.05, 3.63) is 54.6 Å². The molecule has 0 bridgehead atoms. The summed E-state index contributed by atoms with van der Waals surface area (Å²) in [5.74, 6) is -0.709. The largest absolute Gasteiger partial charge is 0.483 e. The molecule has 138 valence electrons. The van der Waals surface area contributed by atoms with Crippen molar-refractivity contribution in [2.45, 2.75) is 32.7 Å². The van der Waals surface area contributed by atoms with E-state index < -0.39 is 11.5 Å². The van der Waals surface area contributed by atoms with Crippen LogP contribution in [0.15, 0.2) is 54.6 Å². The van der Waals surface area contributed by atoms with Gasteiger partial charge in [0.1, 0.15) is 5.75 Å². The Morgan fingerprint density at radius 1 is 1.08 bits per heavy atom. The van der Waals surface area contributed by atoms with Crippen LogP contribution in [-0.2, 0) is 9.59 Å². The molecule has 0 fully saturated rings. The summed E-state index contributed by atoms with van der Waals surface area (Å²) in [5, 5.41) is 11.9. The van der Waals surface area contributed by atoms with Gasteiger partial charge in [-0.25, -0.2) is 0 Å². The Morgan fingerprint density at radius 2 is 1.69 bits per heavy atom. The van der Waals surface area contributed by atoms with Crippen LogP contribution in [0.5, 0.6) is 5.75 Å². The van der Waals surface area contributed by atoms with Gasteiger partial charge in [0.2, 0.25) is 0 Å². The van der Waals surface area contributed by atoms with Crippen molar-refractivity contribution in [1.29, 1.82) is 0 Å². The number of carbonyl (C=O) groups excluding carboxylic acids is 1. The summed E-state index contributed by atoms with van der Waals surface area (Å²) >= 11 is 0. The molecule has 1 atom stereocenters. The van der Waals surface area contributed by atoms with Crippen LogP contribution in [0.25, 0.3) is 11.1 Å². The average Bonchev–Trinajstić information content (AvgIpc) is 2.60. The zero-order valence-electron chi connectivity index (χ0n) is 15.4. The molecule has 2 rings (SSSR count). The van der Waals surface area contributed by atoms with Gasteiger partial charge in [0.15, 0.2) is 6.61 Å². The number of amides is 1. The fraction of sp³-hybridized carbons (Fsp3) is 0.333. The zero-order chi connectivity index (χ0) is 19.2. The van der Waals surface area contributed by atoms with Gasteiger partial charge in [0.25, 0.3) is 5.91 Å². The van der Waals surface area contributed by atoms with E-state index in [1.807, 2.05) is 68.4 Å². The summed E-state index contributed by atoms with van der Waals surface area (Å²) in [7, 11) is 0. The molecular formula is C21H25NO4. The Kier molecular flexibility index (Phi) is 6.39. The standard InChI is InChI=1S/C21H25NO4/c1-15(2)21(3,13-20(24)25)22-19(23)14-26-18-12-8-7-11-17(18)16-9-5-4-6-10-16/h4-12,15H,13-14H2,1-3H3,(H,22,23)(H,24,25). The van der Waals surface area contributed by atoms with Gasteiger partial charge in [-0.1, -0.05) is 62.4 Å². The fourth-order valence-corrected chi connectivity index (χ4v) is 2.65. The van der Waals surface area contributed by atoms with Gasteiger partial charge >= 0.3 is 5.97 Å². The van der Waals surface area contributed by atoms with E-state index in [4.69, 9.17) is 9.84 Å². The molecular weight excluding hydrogens is 330 g/mol. The SMILES string of the molecule is CC(C)C(C)(CC(=O)O)NC(=O)COc1ccccc1-c1ccccc1. The quantitative estimate of drug-likeness (QED) is 0.756. The highest BCUT2D eigenvalue weighted by atomic mass is 16.5. The summed E-state index contributed by atoms with van der Waals surface area (Å²) in [4.78, 5) is 23.4. The second-order valence-electron chi connectivity index (χ2n) is 6.84. The number of carboxylic acids is 1. The molecule has 0 heterocycles. The van der Waals surface area contributed by atoms with Gasteiger partial charge in [-0.15, -0.1) is 0 Å². The normalized spacial score (nSPS) is 13.1. The Labute approximate surface area is 154 Å². The Hall–Kier alpha value is -2.82. The fourth-order valence-electron chi connectivity index (χ4n) is 2.65. The highest BCUT2D eigenvalue weighted by molar-refractivity contribution is 5.80. The van der Waals surface area contributed by atoms with Gasteiger partial charge in [-0.2, -0.15) is 0 Å². The molecule has 0 aliphatic heterocycles. The first-order chi connectivity index (χ1) is 12.3. The van der Waals surface area contributed by atoms with Crippen LogP contribution >= 0.6 is 0 Å². The molecule has 2 N–H and O–H groups in total. The molecule has 0 spiro atoms. The maximum atomic E-state index is 12.3. The van der Waals surface area contributed by atoms with Gasteiger partial charge in [-0.05, 0) is 24.5 Å². The molecule has 0 aromatic heterocycles. The van der Waals surface area contributed by atoms with Gasteiger partial charge < -0.3 is 15.2 Å². The van der Waals surface area contributed by atoms with E-state index in [0.717, 1.165) is 11.1 Å². The molecule has 0 saturated heterocycles. The number of ether oxygens (including phenoxy) is 1. The van der Waals surface area contributed by atoms with Crippen molar-refractivity contribution in [1.82, 2.24) is 5.32 Å². The smallest absolute Gasteiger partial charge is 0.305 e. The number of aliphatic carboxylic acids is 1. The van der Waals surface area contributed by atoms with Crippen molar-refractivity contribution in [3.63, 3.8) is 0 Å². The van der Waals surface area contributed by atoms with Gasteiger partial charge in [0, 0.05) is 5.56 Å². The maximum absolute atomic E-state index is 12.3. The summed E-state index contributed by atoms with van der Waals surface area (Å²) < 4.78 is 5.72. The lowest BCUT2D eigenvalue weighted by Gasteiger charge is -2.33. The number of hydrogen-bond acceptors (Lipinski definition) is 3. The Balaban J connectivity index is 2.07. The van der Waals surface area contributed by atoms with Gasteiger partial charge in [0.05, 0.1) is 12.0 Å². The predicted octanol–water partition coefficient (Wildman–Crippen LogP) is 3.74. The highest BCUT2D eigenvalue weighted by Crippen LogP contribution is 2.29. The van der Waals surface area contributed by atoms with Crippen molar-refractivity contribution >= 4 is 11.9 Å². The maximum Gasteiger partial charge on any atom is 0.305 e. The summed E-state index contributed by atoms with van der Waals surface area (Å²) in [6, 6.07) is 17.3. The van der Waals surface area contributed by atoms with E-state index in [2.05, 4.69) is 5.32 Å². The molecule has 0 aliphatic rings. The molecule has 0 saturated carbocycles. The van der Waals surface area contributed by atoms with Crippen molar-refractivity contribution < 1.29 is 19.4 Å². The predicted molar refractivity (Wildman–Crippen MR) is 101 cm³/mol.